The maximum atomic E-state index is 13.7. The molecule has 0 saturated heterocycles. The predicted molar refractivity (Wildman–Crippen MR) is 131 cm³/mol. The van der Waals surface area contributed by atoms with E-state index in [-0.39, 0.29) is 22.3 Å². The fourth-order valence-electron chi connectivity index (χ4n) is 4.49. The van der Waals surface area contributed by atoms with E-state index < -0.39 is 29.4 Å². The van der Waals surface area contributed by atoms with E-state index >= 15 is 0 Å². The third-order valence-electron chi connectivity index (χ3n) is 6.00. The van der Waals surface area contributed by atoms with Gasteiger partial charge in [-0.3, -0.25) is 19.0 Å². The van der Waals surface area contributed by atoms with Crippen molar-refractivity contribution in [2.24, 2.45) is 4.99 Å². The van der Waals surface area contributed by atoms with E-state index in [9.17, 15) is 19.2 Å². The zero-order valence-electron chi connectivity index (χ0n) is 19.3. The van der Waals surface area contributed by atoms with Crippen LogP contribution in [0, 0.1) is 0 Å². The number of fused-ring (bicyclic) bond motifs is 2. The van der Waals surface area contributed by atoms with Crippen molar-refractivity contribution in [3.05, 3.63) is 91.0 Å². The summed E-state index contributed by atoms with van der Waals surface area (Å²) in [5.74, 6) is -1.54. The van der Waals surface area contributed by atoms with Crippen LogP contribution in [0.4, 0.5) is 5.69 Å². The lowest BCUT2D eigenvalue weighted by molar-refractivity contribution is -0.138. The molecule has 0 bridgehead atoms. The van der Waals surface area contributed by atoms with Crippen molar-refractivity contribution < 1.29 is 19.1 Å². The molecule has 2 aromatic carbocycles. The van der Waals surface area contributed by atoms with Crippen LogP contribution in [-0.2, 0) is 19.1 Å². The molecule has 2 aliphatic rings. The average molecular weight is 488 g/mol. The Hall–Kier alpha value is -4.11. The maximum Gasteiger partial charge on any atom is 0.338 e. The summed E-state index contributed by atoms with van der Waals surface area (Å²) >= 11 is 1.07. The Morgan fingerprint density at radius 3 is 2.43 bits per heavy atom. The number of hydrogen-bond acceptors (Lipinski definition) is 7. The number of imide groups is 1. The summed E-state index contributed by atoms with van der Waals surface area (Å²) in [5, 5.41) is 0. The molecule has 0 N–H and O–H groups in total. The lowest BCUT2D eigenvalue weighted by Crippen LogP contribution is -2.37. The van der Waals surface area contributed by atoms with Gasteiger partial charge in [0.15, 0.2) is 4.80 Å². The van der Waals surface area contributed by atoms with Crippen LogP contribution in [0.1, 0.15) is 37.9 Å². The molecule has 2 aliphatic heterocycles. The minimum atomic E-state index is -0.661. The number of benzene rings is 2. The van der Waals surface area contributed by atoms with Gasteiger partial charge in [-0.25, -0.2) is 14.7 Å². The van der Waals surface area contributed by atoms with Crippen LogP contribution in [0.2, 0.25) is 0 Å². The van der Waals surface area contributed by atoms with Crippen molar-refractivity contribution in [1.29, 1.82) is 0 Å². The maximum absolute atomic E-state index is 13.7. The largest absolute Gasteiger partial charge is 0.463 e. The minimum Gasteiger partial charge on any atom is -0.463 e. The molecular formula is C26H21N3O5S. The molecule has 0 aliphatic carbocycles. The zero-order chi connectivity index (χ0) is 24.9. The lowest BCUT2D eigenvalue weighted by atomic mass is 9.97. The van der Waals surface area contributed by atoms with Gasteiger partial charge in [0, 0.05) is 18.2 Å². The van der Waals surface area contributed by atoms with Gasteiger partial charge < -0.3 is 4.74 Å². The SMILES string of the molecule is CCOC(=O)C1=C(C)n2c(s/c(=C3\C(=O)N(C(C)=O)c4ccccc43)c2=O)=NC1c1ccccc1. The molecular weight excluding hydrogens is 466 g/mol. The highest BCUT2D eigenvalue weighted by Gasteiger charge is 2.37. The van der Waals surface area contributed by atoms with Gasteiger partial charge in [-0.1, -0.05) is 59.9 Å². The number of rotatable bonds is 3. The Morgan fingerprint density at radius 2 is 1.74 bits per heavy atom. The van der Waals surface area contributed by atoms with Crippen LogP contribution < -0.4 is 19.8 Å². The summed E-state index contributed by atoms with van der Waals surface area (Å²) in [5.41, 5.74) is 2.09. The smallest absolute Gasteiger partial charge is 0.338 e. The van der Waals surface area contributed by atoms with Crippen molar-refractivity contribution in [3.63, 3.8) is 0 Å². The number of amides is 2. The van der Waals surface area contributed by atoms with Gasteiger partial charge in [0.2, 0.25) is 5.91 Å². The second kappa shape index (κ2) is 8.59. The van der Waals surface area contributed by atoms with E-state index in [0.29, 0.717) is 21.7 Å². The van der Waals surface area contributed by atoms with Crippen LogP contribution >= 0.6 is 11.3 Å². The topological polar surface area (TPSA) is 98.0 Å². The predicted octanol–water partition coefficient (Wildman–Crippen LogP) is 2.17. The van der Waals surface area contributed by atoms with Crippen molar-refractivity contribution >= 4 is 46.1 Å². The summed E-state index contributed by atoms with van der Waals surface area (Å²) in [6.07, 6.45) is 0. The number of aromatic nitrogens is 1. The molecule has 0 radical (unpaired) electrons. The number of esters is 1. The lowest BCUT2D eigenvalue weighted by Gasteiger charge is -2.22. The molecule has 0 fully saturated rings. The molecule has 0 saturated carbocycles. The van der Waals surface area contributed by atoms with Crippen LogP contribution in [0.5, 0.6) is 0 Å². The highest BCUT2D eigenvalue weighted by molar-refractivity contribution is 7.07. The highest BCUT2D eigenvalue weighted by Crippen LogP contribution is 2.35. The number of carbonyl (C=O) groups is 3. The zero-order valence-corrected chi connectivity index (χ0v) is 20.1. The molecule has 5 rings (SSSR count). The summed E-state index contributed by atoms with van der Waals surface area (Å²) in [7, 11) is 0. The molecule has 1 atom stereocenters. The van der Waals surface area contributed by atoms with E-state index in [2.05, 4.69) is 0 Å². The van der Waals surface area contributed by atoms with E-state index in [1.54, 1.807) is 38.1 Å². The normalized spacial score (nSPS) is 18.2. The summed E-state index contributed by atoms with van der Waals surface area (Å²) in [6, 6.07) is 15.5. The van der Waals surface area contributed by atoms with Crippen molar-refractivity contribution in [2.75, 3.05) is 11.5 Å². The van der Waals surface area contributed by atoms with Gasteiger partial charge in [0.1, 0.15) is 10.6 Å². The van der Waals surface area contributed by atoms with E-state index in [4.69, 9.17) is 9.73 Å². The molecule has 3 heterocycles. The first-order valence-electron chi connectivity index (χ1n) is 11.1. The minimum absolute atomic E-state index is 0.157. The number of allylic oxidation sites excluding steroid dienone is 1. The highest BCUT2D eigenvalue weighted by atomic mass is 32.1. The van der Waals surface area contributed by atoms with Crippen LogP contribution in [0.3, 0.4) is 0 Å². The second-order valence-corrected chi connectivity index (χ2v) is 9.05. The van der Waals surface area contributed by atoms with Gasteiger partial charge >= 0.3 is 5.97 Å². The monoisotopic (exact) mass is 487 g/mol. The summed E-state index contributed by atoms with van der Waals surface area (Å²) in [6.45, 7) is 4.88. The van der Waals surface area contributed by atoms with Gasteiger partial charge in [-0.15, -0.1) is 0 Å². The third-order valence-corrected chi connectivity index (χ3v) is 7.06. The fourth-order valence-corrected chi connectivity index (χ4v) is 5.62. The quantitative estimate of drug-likeness (QED) is 0.528. The Morgan fingerprint density at radius 1 is 1.06 bits per heavy atom. The Kier molecular flexibility index (Phi) is 5.56. The average Bonchev–Trinajstić information content (AvgIpc) is 3.32. The number of anilines is 1. The van der Waals surface area contributed by atoms with Crippen LogP contribution in [0.25, 0.3) is 11.3 Å². The molecule has 1 unspecified atom stereocenters. The standard InChI is InChI=1S/C26H21N3O5S/c1-4-34-25(33)19-14(2)28-24(32)22(35-26(28)27-21(19)16-10-6-5-7-11-16)20-17-12-8-9-13-18(17)29(15(3)30)23(20)31/h5-13,21H,4H2,1-3H3/b22-20-. The molecule has 9 heteroatoms. The molecule has 0 spiro atoms. The Labute approximate surface area is 204 Å². The third kappa shape index (κ3) is 3.47. The van der Waals surface area contributed by atoms with Crippen LogP contribution in [0.15, 0.2) is 70.0 Å². The van der Waals surface area contributed by atoms with E-state index in [1.165, 1.54) is 11.5 Å². The summed E-state index contributed by atoms with van der Waals surface area (Å²) in [4.78, 5) is 58.4. The first kappa shape index (κ1) is 22.7. The van der Waals surface area contributed by atoms with Crippen molar-refractivity contribution in [1.82, 2.24) is 4.57 Å². The van der Waals surface area contributed by atoms with Gasteiger partial charge in [0.25, 0.3) is 11.5 Å². The number of nitrogens with zero attached hydrogens (tertiary/aromatic N) is 3. The number of ether oxygens (including phenoxy) is 1. The number of carbonyl (C=O) groups excluding carboxylic acids is 3. The first-order chi connectivity index (χ1) is 16.8. The van der Waals surface area contributed by atoms with E-state index in [1.807, 2.05) is 30.3 Å². The molecule has 2 amide bonds. The number of para-hydroxylation sites is 1. The van der Waals surface area contributed by atoms with Gasteiger partial charge in [0.05, 0.1) is 23.4 Å². The van der Waals surface area contributed by atoms with Crippen molar-refractivity contribution in [3.8, 4) is 0 Å². The van der Waals surface area contributed by atoms with E-state index in [0.717, 1.165) is 21.8 Å². The van der Waals surface area contributed by atoms with Gasteiger partial charge in [-0.2, -0.15) is 0 Å². The Balaban J connectivity index is 1.83. The molecule has 3 aromatic rings. The number of hydrogen-bond donors (Lipinski definition) is 0. The van der Waals surface area contributed by atoms with Crippen LogP contribution in [-0.4, -0.2) is 29.0 Å². The molecule has 1 aromatic heterocycles. The Bertz CT molecular complexity index is 1610. The first-order valence-corrected chi connectivity index (χ1v) is 11.9. The molecule has 8 nitrogen and oxygen atoms in total. The molecule has 176 valence electrons. The fraction of sp³-hybridized carbons (Fsp3) is 0.192. The molecule has 35 heavy (non-hydrogen) atoms. The van der Waals surface area contributed by atoms with Crippen molar-refractivity contribution in [2.45, 2.75) is 26.8 Å². The van der Waals surface area contributed by atoms with Gasteiger partial charge in [-0.05, 0) is 25.5 Å². The summed E-state index contributed by atoms with van der Waals surface area (Å²) < 4.78 is 6.82. The number of thiazole rings is 1. The second-order valence-electron chi connectivity index (χ2n) is 8.07.